The summed E-state index contributed by atoms with van der Waals surface area (Å²) >= 11 is 0. The Morgan fingerprint density at radius 2 is 2.14 bits per heavy atom. The van der Waals surface area contributed by atoms with Gasteiger partial charge in [-0.15, -0.1) is 6.58 Å². The summed E-state index contributed by atoms with van der Waals surface area (Å²) in [5, 5.41) is 3.65. The lowest BCUT2D eigenvalue weighted by Crippen LogP contribution is -2.33. The summed E-state index contributed by atoms with van der Waals surface area (Å²) in [7, 11) is 0. The predicted molar refractivity (Wildman–Crippen MR) is 63.4 cm³/mol. The van der Waals surface area contributed by atoms with Gasteiger partial charge in [-0.05, 0) is 51.0 Å². The highest BCUT2D eigenvalue weighted by atomic mass is 14.9. The van der Waals surface area contributed by atoms with Crippen LogP contribution in [0.2, 0.25) is 0 Å². The van der Waals surface area contributed by atoms with Gasteiger partial charge in [0.25, 0.3) is 0 Å². The summed E-state index contributed by atoms with van der Waals surface area (Å²) in [6.45, 7) is 12.0. The van der Waals surface area contributed by atoms with Gasteiger partial charge in [-0.1, -0.05) is 19.4 Å². The SMILES string of the molecule is C=C(C)CC1CCC(NCCC)C1C. The molecular weight excluding hydrogens is 170 g/mol. The lowest BCUT2D eigenvalue weighted by Gasteiger charge is -2.21. The van der Waals surface area contributed by atoms with Crippen LogP contribution in [0.1, 0.15) is 46.5 Å². The highest BCUT2D eigenvalue weighted by Crippen LogP contribution is 2.35. The zero-order chi connectivity index (χ0) is 10.6. The van der Waals surface area contributed by atoms with Crippen molar-refractivity contribution in [3.63, 3.8) is 0 Å². The smallest absolute Gasteiger partial charge is 0.00955 e. The molecular formula is C13H25N. The zero-order valence-electron chi connectivity index (χ0n) is 9.97. The quantitative estimate of drug-likeness (QED) is 0.663. The maximum absolute atomic E-state index is 4.02. The second kappa shape index (κ2) is 5.55. The minimum absolute atomic E-state index is 0.763. The molecule has 0 spiro atoms. The van der Waals surface area contributed by atoms with Gasteiger partial charge in [0.05, 0.1) is 0 Å². The summed E-state index contributed by atoms with van der Waals surface area (Å²) < 4.78 is 0. The van der Waals surface area contributed by atoms with Crippen molar-refractivity contribution >= 4 is 0 Å². The Hall–Kier alpha value is -0.300. The molecule has 0 heterocycles. The fraction of sp³-hybridized carbons (Fsp3) is 0.846. The van der Waals surface area contributed by atoms with Gasteiger partial charge in [0.15, 0.2) is 0 Å². The van der Waals surface area contributed by atoms with Crippen molar-refractivity contribution < 1.29 is 0 Å². The molecule has 1 rings (SSSR count). The molecule has 14 heavy (non-hydrogen) atoms. The Morgan fingerprint density at radius 3 is 2.71 bits per heavy atom. The van der Waals surface area contributed by atoms with E-state index in [-0.39, 0.29) is 0 Å². The fourth-order valence-corrected chi connectivity index (χ4v) is 2.60. The lowest BCUT2D eigenvalue weighted by molar-refractivity contribution is 0.351. The van der Waals surface area contributed by atoms with Crippen LogP contribution in [-0.2, 0) is 0 Å². The predicted octanol–water partition coefficient (Wildman–Crippen LogP) is 3.37. The molecule has 0 aromatic rings. The molecule has 0 bridgehead atoms. The van der Waals surface area contributed by atoms with Crippen LogP contribution in [0.25, 0.3) is 0 Å². The number of nitrogens with one attached hydrogen (secondary N) is 1. The first-order valence-electron chi connectivity index (χ1n) is 6.03. The third-order valence-electron chi connectivity index (χ3n) is 3.49. The van der Waals surface area contributed by atoms with E-state index in [1.165, 1.54) is 37.8 Å². The van der Waals surface area contributed by atoms with Crippen molar-refractivity contribution in [3.05, 3.63) is 12.2 Å². The van der Waals surface area contributed by atoms with E-state index in [4.69, 9.17) is 0 Å². The maximum Gasteiger partial charge on any atom is 0.00955 e. The number of allylic oxidation sites excluding steroid dienone is 1. The standard InChI is InChI=1S/C13H25N/c1-5-8-14-13-7-6-12(11(13)4)9-10(2)3/h11-14H,2,5-9H2,1,3-4H3. The van der Waals surface area contributed by atoms with E-state index in [0.717, 1.165) is 17.9 Å². The third kappa shape index (κ3) is 3.13. The molecule has 0 aromatic carbocycles. The van der Waals surface area contributed by atoms with E-state index in [9.17, 15) is 0 Å². The average molecular weight is 195 g/mol. The van der Waals surface area contributed by atoms with Crippen molar-refractivity contribution in [2.75, 3.05) is 6.54 Å². The van der Waals surface area contributed by atoms with Gasteiger partial charge in [0.1, 0.15) is 0 Å². The van der Waals surface area contributed by atoms with E-state index in [2.05, 4.69) is 32.7 Å². The molecule has 0 aromatic heterocycles. The Kier molecular flexibility index (Phi) is 4.67. The van der Waals surface area contributed by atoms with Crippen LogP contribution in [-0.4, -0.2) is 12.6 Å². The summed E-state index contributed by atoms with van der Waals surface area (Å²) in [5.41, 5.74) is 1.35. The fourth-order valence-electron chi connectivity index (χ4n) is 2.60. The number of hydrogen-bond donors (Lipinski definition) is 1. The molecule has 1 saturated carbocycles. The van der Waals surface area contributed by atoms with Gasteiger partial charge in [0, 0.05) is 6.04 Å². The van der Waals surface area contributed by atoms with Gasteiger partial charge >= 0.3 is 0 Å². The molecule has 0 amide bonds. The molecule has 3 atom stereocenters. The molecule has 1 N–H and O–H groups in total. The molecule has 1 fully saturated rings. The highest BCUT2D eigenvalue weighted by molar-refractivity contribution is 4.96. The summed E-state index contributed by atoms with van der Waals surface area (Å²) in [5.74, 6) is 1.71. The topological polar surface area (TPSA) is 12.0 Å². The number of rotatable bonds is 5. The number of hydrogen-bond acceptors (Lipinski definition) is 1. The van der Waals surface area contributed by atoms with Gasteiger partial charge in [-0.2, -0.15) is 0 Å². The molecule has 1 aliphatic rings. The highest BCUT2D eigenvalue weighted by Gasteiger charge is 2.31. The molecule has 82 valence electrons. The molecule has 3 unspecified atom stereocenters. The molecule has 0 saturated heterocycles. The van der Waals surface area contributed by atoms with Gasteiger partial charge in [-0.25, -0.2) is 0 Å². The van der Waals surface area contributed by atoms with Gasteiger partial charge in [0.2, 0.25) is 0 Å². The van der Waals surface area contributed by atoms with Crippen LogP contribution in [0.4, 0.5) is 0 Å². The molecule has 1 aliphatic carbocycles. The molecule has 1 nitrogen and oxygen atoms in total. The van der Waals surface area contributed by atoms with E-state index in [0.29, 0.717) is 0 Å². The first-order chi connectivity index (χ1) is 6.65. The van der Waals surface area contributed by atoms with Crippen molar-refractivity contribution in [1.82, 2.24) is 5.32 Å². The molecule has 0 radical (unpaired) electrons. The molecule has 0 aliphatic heterocycles. The molecule has 1 heteroatoms. The van der Waals surface area contributed by atoms with Gasteiger partial charge in [-0.3, -0.25) is 0 Å². The Morgan fingerprint density at radius 1 is 1.43 bits per heavy atom. The van der Waals surface area contributed by atoms with Crippen LogP contribution in [0.3, 0.4) is 0 Å². The van der Waals surface area contributed by atoms with Crippen LogP contribution >= 0.6 is 0 Å². The summed E-state index contributed by atoms with van der Waals surface area (Å²) in [6.07, 6.45) is 5.22. The van der Waals surface area contributed by atoms with Crippen LogP contribution in [0.15, 0.2) is 12.2 Å². The van der Waals surface area contributed by atoms with Crippen LogP contribution < -0.4 is 5.32 Å². The largest absolute Gasteiger partial charge is 0.314 e. The minimum Gasteiger partial charge on any atom is -0.314 e. The van der Waals surface area contributed by atoms with Crippen molar-refractivity contribution in [1.29, 1.82) is 0 Å². The third-order valence-corrected chi connectivity index (χ3v) is 3.49. The summed E-state index contributed by atoms with van der Waals surface area (Å²) in [4.78, 5) is 0. The van der Waals surface area contributed by atoms with Crippen molar-refractivity contribution in [3.8, 4) is 0 Å². The Balaban J connectivity index is 2.34. The van der Waals surface area contributed by atoms with Gasteiger partial charge < -0.3 is 5.32 Å². The monoisotopic (exact) mass is 195 g/mol. The van der Waals surface area contributed by atoms with Crippen molar-refractivity contribution in [2.45, 2.75) is 52.5 Å². The maximum atomic E-state index is 4.02. The van der Waals surface area contributed by atoms with Crippen LogP contribution in [0.5, 0.6) is 0 Å². The van der Waals surface area contributed by atoms with E-state index >= 15 is 0 Å². The van der Waals surface area contributed by atoms with Crippen molar-refractivity contribution in [2.24, 2.45) is 11.8 Å². The average Bonchev–Trinajstić information content (AvgIpc) is 2.45. The van der Waals surface area contributed by atoms with E-state index in [1.807, 2.05) is 0 Å². The Labute approximate surface area is 89.0 Å². The second-order valence-electron chi connectivity index (χ2n) is 4.92. The summed E-state index contributed by atoms with van der Waals surface area (Å²) in [6, 6.07) is 0.763. The van der Waals surface area contributed by atoms with E-state index in [1.54, 1.807) is 0 Å². The van der Waals surface area contributed by atoms with E-state index < -0.39 is 0 Å². The van der Waals surface area contributed by atoms with Crippen LogP contribution in [0, 0.1) is 11.8 Å². The minimum atomic E-state index is 0.763. The normalized spacial score (nSPS) is 32.1. The zero-order valence-corrected chi connectivity index (χ0v) is 9.97. The first kappa shape index (κ1) is 11.8. The Bertz CT molecular complexity index is 186. The first-order valence-corrected chi connectivity index (χ1v) is 6.03. The lowest BCUT2D eigenvalue weighted by atomic mass is 9.90. The second-order valence-corrected chi connectivity index (χ2v) is 4.92.